The maximum Gasteiger partial charge on any atom is 0.310 e. The highest BCUT2D eigenvalue weighted by molar-refractivity contribution is 5.82. The van der Waals surface area contributed by atoms with Gasteiger partial charge in [-0.15, -0.1) is 0 Å². The molecule has 2 N–H and O–H groups in total. The molecule has 4 aliphatic rings. The van der Waals surface area contributed by atoms with Crippen molar-refractivity contribution in [3.8, 4) is 0 Å². The molecule has 0 aromatic rings. The van der Waals surface area contributed by atoms with Crippen molar-refractivity contribution in [1.82, 2.24) is 0 Å². The van der Waals surface area contributed by atoms with Crippen molar-refractivity contribution < 1.29 is 29.3 Å². The fourth-order valence-electron chi connectivity index (χ4n) is 4.19. The fourth-order valence-corrected chi connectivity index (χ4v) is 4.19. The molecule has 4 heterocycles. The number of carboxylic acid groups (broad SMARTS) is 2. The molecule has 3 saturated heterocycles. The fraction of sp³-hybridized carbons (Fsp3) is 0.667. The van der Waals surface area contributed by atoms with Crippen LogP contribution in [0.3, 0.4) is 0 Å². The summed E-state index contributed by atoms with van der Waals surface area (Å²) in [6, 6.07) is 0. The zero-order valence-corrected chi connectivity index (χ0v) is 9.30. The molecule has 6 heteroatoms. The van der Waals surface area contributed by atoms with E-state index < -0.39 is 36.0 Å². The molecule has 0 radical (unpaired) electrons. The molecule has 8 atom stereocenters. The Morgan fingerprint density at radius 1 is 0.833 bits per heavy atom. The molecule has 4 rings (SSSR count). The van der Waals surface area contributed by atoms with Gasteiger partial charge >= 0.3 is 11.9 Å². The summed E-state index contributed by atoms with van der Waals surface area (Å²) < 4.78 is 11.4. The Kier molecular flexibility index (Phi) is 1.83. The molecule has 2 unspecified atom stereocenters. The van der Waals surface area contributed by atoms with E-state index >= 15 is 0 Å². The average molecular weight is 252 g/mol. The van der Waals surface area contributed by atoms with E-state index in [0.29, 0.717) is 0 Å². The van der Waals surface area contributed by atoms with Gasteiger partial charge in [0.25, 0.3) is 0 Å². The molecule has 0 spiro atoms. The molecule has 4 aliphatic heterocycles. The Morgan fingerprint density at radius 3 is 1.67 bits per heavy atom. The number of hydrogen-bond donors (Lipinski definition) is 2. The Hall–Kier alpha value is -1.40. The molecule has 0 aromatic carbocycles. The SMILES string of the molecule is O=C(O)C1C(C(=O)O)[C@@H]2O[C@H]1[C@@H]1[C@H]2[C@@H]2C=C[C@H]1O2. The molecule has 0 saturated carbocycles. The minimum absolute atomic E-state index is 0.00157. The molecule has 18 heavy (non-hydrogen) atoms. The number of carbonyl (C=O) groups is 2. The lowest BCUT2D eigenvalue weighted by Gasteiger charge is -2.32. The highest BCUT2D eigenvalue weighted by atomic mass is 16.5. The first-order valence-electron chi connectivity index (χ1n) is 6.04. The highest BCUT2D eigenvalue weighted by Gasteiger charge is 2.70. The molecule has 6 nitrogen and oxygen atoms in total. The van der Waals surface area contributed by atoms with Gasteiger partial charge in [-0.1, -0.05) is 12.2 Å². The molecule has 0 aliphatic carbocycles. The second kappa shape index (κ2) is 3.13. The van der Waals surface area contributed by atoms with Crippen LogP contribution in [0.25, 0.3) is 0 Å². The van der Waals surface area contributed by atoms with Gasteiger partial charge < -0.3 is 19.7 Å². The molecule has 0 aromatic heterocycles. The van der Waals surface area contributed by atoms with Crippen molar-refractivity contribution in [1.29, 1.82) is 0 Å². The van der Waals surface area contributed by atoms with Gasteiger partial charge in [-0.25, -0.2) is 0 Å². The van der Waals surface area contributed by atoms with Crippen LogP contribution in [0.5, 0.6) is 0 Å². The number of fused-ring (bicyclic) bond motifs is 9. The van der Waals surface area contributed by atoms with Crippen molar-refractivity contribution in [2.24, 2.45) is 23.7 Å². The monoisotopic (exact) mass is 252 g/mol. The summed E-state index contributed by atoms with van der Waals surface area (Å²) in [5, 5.41) is 18.5. The summed E-state index contributed by atoms with van der Waals surface area (Å²) in [4.78, 5) is 22.6. The van der Waals surface area contributed by atoms with Crippen LogP contribution < -0.4 is 0 Å². The lowest BCUT2D eigenvalue weighted by molar-refractivity contribution is -0.155. The van der Waals surface area contributed by atoms with E-state index in [9.17, 15) is 19.8 Å². The zero-order valence-electron chi connectivity index (χ0n) is 9.30. The maximum atomic E-state index is 11.3. The Labute approximate surface area is 102 Å². The number of rotatable bonds is 2. The molecule has 4 bridgehead atoms. The van der Waals surface area contributed by atoms with Crippen molar-refractivity contribution in [2.75, 3.05) is 0 Å². The minimum atomic E-state index is -1.08. The summed E-state index contributed by atoms with van der Waals surface area (Å²) in [5.74, 6) is -4.07. The lowest BCUT2D eigenvalue weighted by atomic mass is 9.65. The van der Waals surface area contributed by atoms with E-state index in [1.165, 1.54) is 0 Å². The van der Waals surface area contributed by atoms with Crippen LogP contribution in [0.4, 0.5) is 0 Å². The van der Waals surface area contributed by atoms with Crippen LogP contribution in [-0.2, 0) is 19.1 Å². The second-order valence-corrected chi connectivity index (χ2v) is 5.40. The predicted molar refractivity (Wildman–Crippen MR) is 55.7 cm³/mol. The van der Waals surface area contributed by atoms with Gasteiger partial charge in [-0.3, -0.25) is 9.59 Å². The van der Waals surface area contributed by atoms with Crippen LogP contribution in [0, 0.1) is 23.7 Å². The molecular weight excluding hydrogens is 240 g/mol. The number of hydrogen-bond acceptors (Lipinski definition) is 4. The van der Waals surface area contributed by atoms with Gasteiger partial charge in [0.1, 0.15) is 0 Å². The average Bonchev–Trinajstić information content (AvgIpc) is 3.04. The highest BCUT2D eigenvalue weighted by Crippen LogP contribution is 2.58. The van der Waals surface area contributed by atoms with Gasteiger partial charge in [0.05, 0.1) is 36.3 Å². The van der Waals surface area contributed by atoms with Gasteiger partial charge in [-0.05, 0) is 0 Å². The van der Waals surface area contributed by atoms with Gasteiger partial charge in [-0.2, -0.15) is 0 Å². The normalized spacial score (nSPS) is 54.9. The first-order chi connectivity index (χ1) is 8.59. The van der Waals surface area contributed by atoms with E-state index in [4.69, 9.17) is 9.47 Å². The third kappa shape index (κ3) is 1.01. The summed E-state index contributed by atoms with van der Waals surface area (Å²) in [7, 11) is 0. The van der Waals surface area contributed by atoms with Gasteiger partial charge in [0, 0.05) is 11.8 Å². The second-order valence-electron chi connectivity index (χ2n) is 5.40. The van der Waals surface area contributed by atoms with Crippen LogP contribution in [0.2, 0.25) is 0 Å². The summed E-state index contributed by atoms with van der Waals surface area (Å²) in [6.07, 6.45) is 2.60. The van der Waals surface area contributed by atoms with E-state index in [2.05, 4.69) is 0 Å². The zero-order chi connectivity index (χ0) is 12.6. The number of carboxylic acids is 2. The van der Waals surface area contributed by atoms with Gasteiger partial charge in [0.15, 0.2) is 0 Å². The smallest absolute Gasteiger partial charge is 0.310 e. The molecule has 3 fully saturated rings. The van der Waals surface area contributed by atoms with E-state index in [1.807, 2.05) is 12.2 Å². The Bertz CT molecular complexity index is 431. The van der Waals surface area contributed by atoms with Crippen LogP contribution in [-0.4, -0.2) is 46.6 Å². The molecular formula is C12H12O6. The molecule has 0 amide bonds. The van der Waals surface area contributed by atoms with Gasteiger partial charge in [0.2, 0.25) is 0 Å². The van der Waals surface area contributed by atoms with E-state index in [0.717, 1.165) is 0 Å². The number of ether oxygens (including phenoxy) is 2. The maximum absolute atomic E-state index is 11.3. The summed E-state index contributed by atoms with van der Waals surface area (Å²) >= 11 is 0. The predicted octanol–water partition coefficient (Wildman–Crippen LogP) is -0.261. The van der Waals surface area contributed by atoms with Crippen molar-refractivity contribution in [3.05, 3.63) is 12.2 Å². The topological polar surface area (TPSA) is 93.1 Å². The largest absolute Gasteiger partial charge is 0.481 e. The first kappa shape index (κ1) is 10.5. The Morgan fingerprint density at radius 2 is 1.28 bits per heavy atom. The van der Waals surface area contributed by atoms with Crippen molar-refractivity contribution >= 4 is 11.9 Å². The van der Waals surface area contributed by atoms with Crippen molar-refractivity contribution in [3.63, 3.8) is 0 Å². The lowest BCUT2D eigenvalue weighted by Crippen LogP contribution is -2.49. The third-order valence-electron chi connectivity index (χ3n) is 4.75. The van der Waals surface area contributed by atoms with Crippen LogP contribution in [0.1, 0.15) is 0 Å². The summed E-state index contributed by atoms with van der Waals surface area (Å²) in [6.45, 7) is 0. The van der Waals surface area contributed by atoms with Crippen molar-refractivity contribution in [2.45, 2.75) is 24.4 Å². The quantitative estimate of drug-likeness (QED) is 0.658. The number of aliphatic carboxylic acids is 2. The Balaban J connectivity index is 1.76. The first-order valence-corrected chi connectivity index (χ1v) is 6.04. The minimum Gasteiger partial charge on any atom is -0.481 e. The molecule has 96 valence electrons. The van der Waals surface area contributed by atoms with E-state index in [1.54, 1.807) is 0 Å². The standard InChI is InChI=1S/C12H12O6/c13-11(14)7-8(12(15)16)10-6-4-2-1-3(17-4)5(6)9(7)18-10/h1-10H,(H,13,14)(H,15,16)/t3-,4+,5+,6-,7?,8?,9+,10-. The van der Waals surface area contributed by atoms with Crippen LogP contribution >= 0.6 is 0 Å². The third-order valence-corrected chi connectivity index (χ3v) is 4.75. The van der Waals surface area contributed by atoms with Crippen LogP contribution in [0.15, 0.2) is 12.2 Å². The van der Waals surface area contributed by atoms with E-state index in [-0.39, 0.29) is 24.0 Å². The summed E-state index contributed by atoms with van der Waals surface area (Å²) in [5.41, 5.74) is 0.